The van der Waals surface area contributed by atoms with Crippen molar-refractivity contribution >= 4 is 0 Å². The fourth-order valence-corrected chi connectivity index (χ4v) is 0. The predicted molar refractivity (Wildman–Crippen MR) is 72.3 cm³/mol. The summed E-state index contributed by atoms with van der Waals surface area (Å²) < 4.78 is 0. The Kier molecular flexibility index (Phi) is 662000. The van der Waals surface area contributed by atoms with Crippen LogP contribution in [0.25, 0.3) is 0 Å². The molecule has 24 heavy (non-hydrogen) atoms. The van der Waals surface area contributed by atoms with Crippen molar-refractivity contribution < 1.29 is 194 Å². The first-order valence-electron chi connectivity index (χ1n) is 0. The van der Waals surface area contributed by atoms with Crippen LogP contribution in [0.15, 0.2) is 0 Å². The molecule has 0 aromatic heterocycles. The number of rotatable bonds is 0. The maximum absolute atomic E-state index is 0. The summed E-state index contributed by atoms with van der Waals surface area (Å²) in [5.41, 5.74) is 0. The maximum atomic E-state index is 0. The standard InChI is InChI=1S/2Mo.20H2O.2W/h;;20*1H2;;. The Morgan fingerprint density at radius 2 is 0.125 bits per heavy atom. The van der Waals surface area contributed by atoms with Gasteiger partial charge in [0.2, 0.25) is 0 Å². The average molecular weight is 920 g/mol. The van der Waals surface area contributed by atoms with Crippen LogP contribution in [-0.2, 0) is 84.3 Å². The van der Waals surface area contributed by atoms with Gasteiger partial charge in [-0.15, -0.1) is 0 Å². The Hall–Kier alpha value is 1.95. The molecule has 0 amide bonds. The van der Waals surface area contributed by atoms with Gasteiger partial charge in [-0.25, -0.2) is 0 Å². The van der Waals surface area contributed by atoms with E-state index >= 15 is 0 Å². The Labute approximate surface area is 193 Å². The Balaban J connectivity index is 0. The molecule has 0 bridgehead atoms. The van der Waals surface area contributed by atoms with Crippen LogP contribution in [0.2, 0.25) is 0 Å². The normalized spacial score (nSPS) is 0. The molecular weight excluding hydrogens is 880 g/mol. The summed E-state index contributed by atoms with van der Waals surface area (Å²) in [7, 11) is 0. The first-order chi connectivity index (χ1) is 0. The van der Waals surface area contributed by atoms with E-state index in [4.69, 9.17) is 0 Å². The molecular formula is H40Mo2O20W2. The third kappa shape index (κ3) is 3310. The van der Waals surface area contributed by atoms with Gasteiger partial charge in [0.25, 0.3) is 0 Å². The van der Waals surface area contributed by atoms with Gasteiger partial charge in [-0.1, -0.05) is 0 Å². The van der Waals surface area contributed by atoms with E-state index in [1.165, 1.54) is 0 Å². The first-order valence-corrected chi connectivity index (χ1v) is 0. The molecule has 0 aliphatic carbocycles. The third-order valence-corrected chi connectivity index (χ3v) is 0. The zero-order valence-corrected chi connectivity index (χ0v) is 21.5. The fourth-order valence-electron chi connectivity index (χ4n) is 0. The average Bonchev–Trinajstić information content (AvgIpc) is 0. The van der Waals surface area contributed by atoms with Gasteiger partial charge >= 0.3 is 0 Å². The van der Waals surface area contributed by atoms with Crippen LogP contribution in [0.3, 0.4) is 0 Å². The van der Waals surface area contributed by atoms with Crippen molar-refractivity contribution in [2.24, 2.45) is 0 Å². The fraction of sp³-hybridized carbons (Fsp3) is 0. The monoisotopic (exact) mass is 924 g/mol. The van der Waals surface area contributed by atoms with Crippen molar-refractivity contribution in [2.75, 3.05) is 0 Å². The molecule has 20 nitrogen and oxygen atoms in total. The molecule has 40 N–H and O–H groups in total. The van der Waals surface area contributed by atoms with Crippen LogP contribution in [0, 0.1) is 0 Å². The van der Waals surface area contributed by atoms with Gasteiger partial charge in [-0.3, -0.25) is 0 Å². The van der Waals surface area contributed by atoms with Crippen LogP contribution < -0.4 is 0 Å². The van der Waals surface area contributed by atoms with E-state index in [2.05, 4.69) is 0 Å². The summed E-state index contributed by atoms with van der Waals surface area (Å²) in [6.45, 7) is 0. The SMILES string of the molecule is O.O.O.O.O.O.O.O.O.O.O.O.O.O.O.O.O.O.O.O.[Mo].[Mo].[W].[W]. The molecule has 0 atom stereocenters. The molecule has 0 unspecified atom stereocenters. The molecule has 24 heteroatoms. The largest absolute Gasteiger partial charge is 0.412 e. The van der Waals surface area contributed by atoms with E-state index in [9.17, 15) is 0 Å². The van der Waals surface area contributed by atoms with Crippen LogP contribution in [0.4, 0.5) is 0 Å². The molecule has 0 saturated carbocycles. The molecule has 184 valence electrons. The van der Waals surface area contributed by atoms with E-state index in [0.29, 0.717) is 0 Å². The minimum atomic E-state index is 0. The van der Waals surface area contributed by atoms with Gasteiger partial charge < -0.3 is 110 Å². The molecule has 0 aliphatic heterocycles. The molecule has 0 aromatic rings. The quantitative estimate of drug-likeness (QED) is 0.205. The summed E-state index contributed by atoms with van der Waals surface area (Å²) in [5.74, 6) is 0. The van der Waals surface area contributed by atoms with Gasteiger partial charge in [-0.2, -0.15) is 0 Å². The molecule has 0 spiro atoms. The topological polar surface area (TPSA) is 630 Å². The summed E-state index contributed by atoms with van der Waals surface area (Å²) in [6, 6.07) is 0. The minimum absolute atomic E-state index is 0. The second-order valence-corrected chi connectivity index (χ2v) is 0. The number of hydrogen-bond donors (Lipinski definition) is 0. The molecule has 0 radical (unpaired) electrons. The zero-order chi connectivity index (χ0) is 0. The molecule has 0 aliphatic rings. The van der Waals surface area contributed by atoms with Gasteiger partial charge in [0, 0.05) is 84.3 Å². The summed E-state index contributed by atoms with van der Waals surface area (Å²) in [4.78, 5) is 0. The van der Waals surface area contributed by atoms with E-state index in [-0.39, 0.29) is 194 Å². The zero-order valence-electron chi connectivity index (χ0n) is 11.6. The molecule has 0 rings (SSSR count). The van der Waals surface area contributed by atoms with Crippen LogP contribution in [0.1, 0.15) is 0 Å². The molecule has 0 heterocycles. The Morgan fingerprint density at radius 1 is 0.125 bits per heavy atom. The van der Waals surface area contributed by atoms with E-state index in [1.807, 2.05) is 0 Å². The van der Waals surface area contributed by atoms with Crippen molar-refractivity contribution in [1.82, 2.24) is 0 Å². The second kappa shape index (κ2) is 3750. The maximum Gasteiger partial charge on any atom is 0 e. The van der Waals surface area contributed by atoms with Crippen molar-refractivity contribution in [1.29, 1.82) is 0 Å². The van der Waals surface area contributed by atoms with E-state index in [1.54, 1.807) is 0 Å². The van der Waals surface area contributed by atoms with Crippen molar-refractivity contribution in [3.63, 3.8) is 0 Å². The minimum Gasteiger partial charge on any atom is -0.412 e. The molecule has 0 saturated heterocycles. The van der Waals surface area contributed by atoms with E-state index in [0.717, 1.165) is 0 Å². The van der Waals surface area contributed by atoms with Gasteiger partial charge in [0.05, 0.1) is 0 Å². The summed E-state index contributed by atoms with van der Waals surface area (Å²) in [6.07, 6.45) is 0. The molecule has 0 aromatic carbocycles. The molecule has 0 fully saturated rings. The van der Waals surface area contributed by atoms with Gasteiger partial charge in [0.15, 0.2) is 0 Å². The van der Waals surface area contributed by atoms with Crippen molar-refractivity contribution in [2.45, 2.75) is 0 Å². The summed E-state index contributed by atoms with van der Waals surface area (Å²) in [5, 5.41) is 0. The number of hydrogen-bond acceptors (Lipinski definition) is 0. The van der Waals surface area contributed by atoms with Crippen molar-refractivity contribution in [3.8, 4) is 0 Å². The van der Waals surface area contributed by atoms with Crippen LogP contribution in [-0.4, -0.2) is 110 Å². The first kappa shape index (κ1) is 4240. The van der Waals surface area contributed by atoms with Gasteiger partial charge in [0.1, 0.15) is 0 Å². The van der Waals surface area contributed by atoms with Crippen molar-refractivity contribution in [3.05, 3.63) is 0 Å². The Bertz CT molecular complexity index is 19.6. The smallest absolute Gasteiger partial charge is 0 e. The van der Waals surface area contributed by atoms with Crippen LogP contribution >= 0.6 is 0 Å². The third-order valence-electron chi connectivity index (χ3n) is 0. The van der Waals surface area contributed by atoms with Gasteiger partial charge in [-0.05, 0) is 0 Å². The van der Waals surface area contributed by atoms with Crippen LogP contribution in [0.5, 0.6) is 0 Å². The second-order valence-electron chi connectivity index (χ2n) is 0. The van der Waals surface area contributed by atoms with E-state index < -0.39 is 0 Å². The Morgan fingerprint density at radius 3 is 0.125 bits per heavy atom. The predicted octanol–water partition coefficient (Wildman–Crippen LogP) is -16.5. The summed E-state index contributed by atoms with van der Waals surface area (Å²) >= 11 is 0.